The number of imidazole rings is 1. The second-order valence-electron chi connectivity index (χ2n) is 4.75. The van der Waals surface area contributed by atoms with Gasteiger partial charge < -0.3 is 21.8 Å². The number of hydrogen-bond acceptors (Lipinski definition) is 7. The molecule has 0 saturated heterocycles. The molecule has 0 radical (unpaired) electrons. The smallest absolute Gasteiger partial charge is 0.168 e. The van der Waals surface area contributed by atoms with Gasteiger partial charge in [0.1, 0.15) is 11.3 Å². The number of benzene rings is 1. The highest BCUT2D eigenvalue weighted by Crippen LogP contribution is 2.29. The lowest BCUT2D eigenvalue weighted by Crippen LogP contribution is -2.10. The van der Waals surface area contributed by atoms with Crippen LogP contribution in [0.2, 0.25) is 0 Å². The van der Waals surface area contributed by atoms with E-state index in [2.05, 4.69) is 13.7 Å². The van der Waals surface area contributed by atoms with Crippen LogP contribution in [0.5, 0.6) is 0 Å². The van der Waals surface area contributed by atoms with Crippen molar-refractivity contribution in [3.05, 3.63) is 48.1 Å². The predicted molar refractivity (Wildman–Crippen MR) is 88.6 cm³/mol. The summed E-state index contributed by atoms with van der Waals surface area (Å²) in [7, 11) is 0. The Hall–Kier alpha value is -2.94. The summed E-state index contributed by atoms with van der Waals surface area (Å²) in [6, 6.07) is 4.68. The third-order valence-corrected chi connectivity index (χ3v) is 3.75. The number of anilines is 1. The van der Waals surface area contributed by atoms with Gasteiger partial charge in [0.25, 0.3) is 0 Å². The Balaban J connectivity index is 2.22. The lowest BCUT2D eigenvalue weighted by Gasteiger charge is -2.08. The van der Waals surface area contributed by atoms with Crippen LogP contribution in [0.15, 0.2) is 42.2 Å². The first-order valence-corrected chi connectivity index (χ1v) is 7.41. The summed E-state index contributed by atoms with van der Waals surface area (Å²) >= 11 is 0.971. The molecule has 0 spiro atoms. The van der Waals surface area contributed by atoms with Crippen LogP contribution < -0.4 is 17.2 Å². The van der Waals surface area contributed by atoms with Gasteiger partial charge in [0.05, 0.1) is 23.8 Å². The van der Waals surface area contributed by atoms with Crippen LogP contribution >= 0.6 is 11.7 Å². The number of nitrogens with zero attached hydrogens (tertiary/aromatic N) is 4. The molecule has 3 rings (SSSR count). The van der Waals surface area contributed by atoms with E-state index >= 15 is 0 Å². The fourth-order valence-corrected chi connectivity index (χ4v) is 2.71. The lowest BCUT2D eigenvalue weighted by atomic mass is 10.3. The number of aromatic nitrogens is 4. The number of halogens is 1. The number of nitrogens with two attached hydrogens (primary N) is 3. The van der Waals surface area contributed by atoms with Crippen molar-refractivity contribution in [3.8, 4) is 11.5 Å². The van der Waals surface area contributed by atoms with Gasteiger partial charge in [-0.3, -0.25) is 0 Å². The van der Waals surface area contributed by atoms with Crippen molar-refractivity contribution in [2.24, 2.45) is 11.5 Å². The van der Waals surface area contributed by atoms with E-state index in [1.54, 1.807) is 28.9 Å². The molecule has 0 aliphatic carbocycles. The standard InChI is InChI=1S/C14H14FN7S/c15-9-4-1-5-10-12(9)22(7-8(17)3-2-6-16)14(19-10)11-13(18)21-23-20-11/h1-6H,7,16-17H2,(H2,18,21)/b6-2-,8-3-. The van der Waals surface area contributed by atoms with E-state index in [-0.39, 0.29) is 12.4 Å². The van der Waals surface area contributed by atoms with Crippen molar-refractivity contribution in [2.45, 2.75) is 6.54 Å². The summed E-state index contributed by atoms with van der Waals surface area (Å²) in [6.45, 7) is 0.216. The van der Waals surface area contributed by atoms with Gasteiger partial charge in [-0.15, -0.1) is 0 Å². The molecule has 7 nitrogen and oxygen atoms in total. The van der Waals surface area contributed by atoms with Crippen LogP contribution in [0.25, 0.3) is 22.6 Å². The highest BCUT2D eigenvalue weighted by molar-refractivity contribution is 6.99. The van der Waals surface area contributed by atoms with Gasteiger partial charge in [-0.2, -0.15) is 8.75 Å². The highest BCUT2D eigenvalue weighted by Gasteiger charge is 2.20. The summed E-state index contributed by atoms with van der Waals surface area (Å²) in [6.07, 6.45) is 4.60. The van der Waals surface area contributed by atoms with Crippen LogP contribution in [0.4, 0.5) is 10.2 Å². The first-order valence-electron chi connectivity index (χ1n) is 6.68. The molecule has 0 aliphatic rings. The van der Waals surface area contributed by atoms with Crippen molar-refractivity contribution in [3.63, 3.8) is 0 Å². The maximum absolute atomic E-state index is 14.3. The van der Waals surface area contributed by atoms with Crippen LogP contribution in [0.1, 0.15) is 0 Å². The topological polar surface area (TPSA) is 122 Å². The minimum atomic E-state index is -0.398. The van der Waals surface area contributed by atoms with E-state index in [9.17, 15) is 4.39 Å². The fraction of sp³-hybridized carbons (Fsp3) is 0.0714. The summed E-state index contributed by atoms with van der Waals surface area (Å²) in [5, 5.41) is 0. The van der Waals surface area contributed by atoms with Crippen molar-refractivity contribution in [1.82, 2.24) is 18.3 Å². The Labute approximate surface area is 135 Å². The summed E-state index contributed by atoms with van der Waals surface area (Å²) in [5.74, 6) is 0.269. The molecule has 0 saturated carbocycles. The first kappa shape index (κ1) is 15.0. The zero-order chi connectivity index (χ0) is 16.4. The van der Waals surface area contributed by atoms with Crippen molar-refractivity contribution >= 4 is 28.6 Å². The Morgan fingerprint density at radius 2 is 2.17 bits per heavy atom. The Morgan fingerprint density at radius 1 is 1.35 bits per heavy atom. The molecule has 0 bridgehead atoms. The third-order valence-electron chi connectivity index (χ3n) is 3.21. The van der Waals surface area contributed by atoms with E-state index in [0.29, 0.717) is 28.2 Å². The average molecular weight is 331 g/mol. The molecule has 0 atom stereocenters. The molecule has 6 N–H and O–H groups in total. The molecular weight excluding hydrogens is 317 g/mol. The molecule has 9 heteroatoms. The maximum atomic E-state index is 14.3. The second-order valence-corrected chi connectivity index (χ2v) is 5.28. The van der Waals surface area contributed by atoms with Gasteiger partial charge >= 0.3 is 0 Å². The largest absolute Gasteiger partial charge is 0.405 e. The van der Waals surface area contributed by atoms with Gasteiger partial charge in [0, 0.05) is 5.70 Å². The van der Waals surface area contributed by atoms with Gasteiger partial charge in [0.2, 0.25) is 0 Å². The minimum absolute atomic E-state index is 0.216. The zero-order valence-electron chi connectivity index (χ0n) is 12.0. The van der Waals surface area contributed by atoms with Crippen molar-refractivity contribution < 1.29 is 4.39 Å². The van der Waals surface area contributed by atoms with E-state index in [4.69, 9.17) is 17.2 Å². The molecule has 23 heavy (non-hydrogen) atoms. The van der Waals surface area contributed by atoms with E-state index < -0.39 is 5.82 Å². The SMILES string of the molecule is N/C=C\C=C(/N)Cn1c(-c2nsnc2N)nc2cccc(F)c21. The van der Waals surface area contributed by atoms with Crippen molar-refractivity contribution in [1.29, 1.82) is 0 Å². The van der Waals surface area contributed by atoms with E-state index in [1.165, 1.54) is 12.3 Å². The van der Waals surface area contributed by atoms with Gasteiger partial charge in [-0.1, -0.05) is 6.07 Å². The lowest BCUT2D eigenvalue weighted by molar-refractivity contribution is 0.628. The zero-order valence-corrected chi connectivity index (χ0v) is 12.8. The molecule has 0 aliphatic heterocycles. The van der Waals surface area contributed by atoms with Gasteiger partial charge in [-0.25, -0.2) is 9.37 Å². The number of allylic oxidation sites excluding steroid dienone is 3. The monoisotopic (exact) mass is 331 g/mol. The number of fused-ring (bicyclic) bond motifs is 1. The summed E-state index contributed by atoms with van der Waals surface area (Å²) < 4.78 is 24.0. The summed E-state index contributed by atoms with van der Waals surface area (Å²) in [5.41, 5.74) is 18.8. The Morgan fingerprint density at radius 3 is 2.87 bits per heavy atom. The molecule has 3 aromatic rings. The van der Waals surface area contributed by atoms with Gasteiger partial charge in [0.15, 0.2) is 17.3 Å². The maximum Gasteiger partial charge on any atom is 0.168 e. The second kappa shape index (κ2) is 6.05. The minimum Gasteiger partial charge on any atom is -0.405 e. The Kier molecular flexibility index (Phi) is 3.94. The van der Waals surface area contributed by atoms with Gasteiger partial charge in [-0.05, 0) is 30.5 Å². The summed E-state index contributed by atoms with van der Waals surface area (Å²) in [4.78, 5) is 4.43. The number of rotatable bonds is 4. The van der Waals surface area contributed by atoms with Crippen LogP contribution in [-0.2, 0) is 6.54 Å². The quantitative estimate of drug-likeness (QED) is 0.624. The molecule has 0 unspecified atom stereocenters. The van der Waals surface area contributed by atoms with E-state index in [1.807, 2.05) is 0 Å². The van der Waals surface area contributed by atoms with Crippen molar-refractivity contribution in [2.75, 3.05) is 5.73 Å². The fourth-order valence-electron chi connectivity index (χ4n) is 2.24. The molecule has 2 aromatic heterocycles. The number of hydrogen-bond donors (Lipinski definition) is 3. The number of nitrogen functional groups attached to an aromatic ring is 1. The third kappa shape index (κ3) is 2.73. The highest BCUT2D eigenvalue weighted by atomic mass is 32.1. The van der Waals surface area contributed by atoms with Crippen LogP contribution in [0.3, 0.4) is 0 Å². The number of para-hydroxylation sites is 1. The molecular formula is C14H14FN7S. The molecule has 118 valence electrons. The Bertz CT molecular complexity index is 909. The molecule has 1 aromatic carbocycles. The first-order chi connectivity index (χ1) is 11.1. The normalized spacial score (nSPS) is 12.5. The molecule has 0 fully saturated rings. The van der Waals surface area contributed by atoms with E-state index in [0.717, 1.165) is 11.7 Å². The van der Waals surface area contributed by atoms with Crippen LogP contribution in [0, 0.1) is 5.82 Å². The average Bonchev–Trinajstić information content (AvgIpc) is 3.10. The molecule has 2 heterocycles. The predicted octanol–water partition coefficient (Wildman–Crippen LogP) is 1.59. The van der Waals surface area contributed by atoms with Crippen LogP contribution in [-0.4, -0.2) is 18.3 Å². The molecule has 0 amide bonds.